The summed E-state index contributed by atoms with van der Waals surface area (Å²) in [7, 11) is -4.01. The van der Waals surface area contributed by atoms with E-state index >= 15 is 0 Å². The van der Waals surface area contributed by atoms with Crippen molar-refractivity contribution in [2.75, 3.05) is 0 Å². The van der Waals surface area contributed by atoms with Crippen LogP contribution in [0.1, 0.15) is 5.56 Å². The van der Waals surface area contributed by atoms with Gasteiger partial charge in [0.05, 0.1) is 0 Å². The minimum Gasteiger partial charge on any atom is -0.263 e. The zero-order chi connectivity index (χ0) is 14.4. The molecule has 6 heteroatoms. The fraction of sp³-hybridized carbons (Fsp3) is 0. The number of oxime groups is 1. The number of nitriles is 1. The molecule has 0 aromatic heterocycles. The van der Waals surface area contributed by atoms with Gasteiger partial charge in [0, 0.05) is 5.56 Å². The Hall–Kier alpha value is -2.65. The average molecular weight is 286 g/mol. The Labute approximate surface area is 116 Å². The Morgan fingerprint density at radius 1 is 1.00 bits per heavy atom. The fourth-order valence-electron chi connectivity index (χ4n) is 1.45. The van der Waals surface area contributed by atoms with Crippen molar-refractivity contribution in [3.05, 3.63) is 66.2 Å². The molecule has 0 saturated carbocycles. The molecule has 0 N–H and O–H groups in total. The number of hydrogen-bond acceptors (Lipinski definition) is 5. The molecule has 0 saturated heterocycles. The van der Waals surface area contributed by atoms with Gasteiger partial charge in [-0.15, -0.1) is 0 Å². The van der Waals surface area contributed by atoms with Crippen LogP contribution >= 0.6 is 0 Å². The van der Waals surface area contributed by atoms with Gasteiger partial charge in [-0.2, -0.15) is 13.7 Å². The second kappa shape index (κ2) is 5.99. The minimum absolute atomic E-state index is 0.0194. The van der Waals surface area contributed by atoms with E-state index in [1.54, 1.807) is 54.6 Å². The summed E-state index contributed by atoms with van der Waals surface area (Å²) >= 11 is 0. The maximum absolute atomic E-state index is 11.8. The van der Waals surface area contributed by atoms with E-state index in [4.69, 9.17) is 5.26 Å². The van der Waals surface area contributed by atoms with Crippen molar-refractivity contribution in [2.45, 2.75) is 4.90 Å². The zero-order valence-electron chi connectivity index (χ0n) is 10.3. The van der Waals surface area contributed by atoms with Gasteiger partial charge in [-0.25, -0.2) is 0 Å². The van der Waals surface area contributed by atoms with E-state index < -0.39 is 10.1 Å². The van der Waals surface area contributed by atoms with Gasteiger partial charge in [0.15, 0.2) is 5.71 Å². The first-order chi connectivity index (χ1) is 9.63. The summed E-state index contributed by atoms with van der Waals surface area (Å²) in [5, 5.41) is 12.4. The van der Waals surface area contributed by atoms with Crippen LogP contribution < -0.4 is 0 Å². The van der Waals surface area contributed by atoms with Gasteiger partial charge in [-0.05, 0) is 12.1 Å². The van der Waals surface area contributed by atoms with Gasteiger partial charge >= 0.3 is 10.1 Å². The predicted octanol–water partition coefficient (Wildman–Crippen LogP) is 2.32. The third-order valence-corrected chi connectivity index (χ3v) is 3.53. The van der Waals surface area contributed by atoms with Crippen LogP contribution in [0.2, 0.25) is 0 Å². The zero-order valence-corrected chi connectivity index (χ0v) is 11.1. The third-order valence-electron chi connectivity index (χ3n) is 2.41. The van der Waals surface area contributed by atoms with E-state index in [1.807, 2.05) is 0 Å². The smallest absolute Gasteiger partial charge is 0.263 e. The molecule has 0 amide bonds. The van der Waals surface area contributed by atoms with Crippen LogP contribution in [-0.2, 0) is 14.4 Å². The van der Waals surface area contributed by atoms with Gasteiger partial charge in [0.1, 0.15) is 11.0 Å². The monoisotopic (exact) mass is 286 g/mol. The van der Waals surface area contributed by atoms with Crippen molar-refractivity contribution >= 4 is 15.8 Å². The molecule has 0 aliphatic rings. The number of rotatable bonds is 4. The predicted molar refractivity (Wildman–Crippen MR) is 73.3 cm³/mol. The van der Waals surface area contributed by atoms with Crippen LogP contribution in [0.3, 0.4) is 0 Å². The highest BCUT2D eigenvalue weighted by Crippen LogP contribution is 2.12. The molecule has 0 fully saturated rings. The standard InChI is InChI=1S/C14H10N2O3S/c15-11-14(12-7-3-1-4-8-12)16-19-20(17,18)13-9-5-2-6-10-13/h1-10H/b16-14+. The molecule has 2 aromatic carbocycles. The van der Waals surface area contributed by atoms with E-state index in [1.165, 1.54) is 12.1 Å². The molecular weight excluding hydrogens is 276 g/mol. The van der Waals surface area contributed by atoms with Crippen LogP contribution in [0.25, 0.3) is 0 Å². The number of nitrogens with zero attached hydrogens (tertiary/aromatic N) is 2. The first-order valence-corrected chi connectivity index (χ1v) is 7.06. The molecule has 0 heterocycles. The normalized spacial score (nSPS) is 11.7. The summed E-state index contributed by atoms with van der Waals surface area (Å²) in [6, 6.07) is 17.9. The highest BCUT2D eigenvalue weighted by Gasteiger charge is 2.15. The lowest BCUT2D eigenvalue weighted by Crippen LogP contribution is -2.05. The van der Waals surface area contributed by atoms with Crippen molar-refractivity contribution < 1.29 is 12.7 Å². The summed E-state index contributed by atoms with van der Waals surface area (Å²) in [6.45, 7) is 0. The Kier molecular flexibility index (Phi) is 4.13. The second-order valence-corrected chi connectivity index (χ2v) is 5.29. The lowest BCUT2D eigenvalue weighted by Gasteiger charge is -2.01. The molecule has 0 spiro atoms. The second-order valence-electron chi connectivity index (χ2n) is 3.76. The summed E-state index contributed by atoms with van der Waals surface area (Å²) in [6.07, 6.45) is 0. The molecule has 0 atom stereocenters. The maximum Gasteiger partial charge on any atom is 0.358 e. The maximum atomic E-state index is 11.8. The van der Waals surface area contributed by atoms with Crippen molar-refractivity contribution in [1.82, 2.24) is 0 Å². The molecule has 5 nitrogen and oxygen atoms in total. The van der Waals surface area contributed by atoms with Gasteiger partial charge in [0.25, 0.3) is 0 Å². The molecule has 0 radical (unpaired) electrons. The number of benzene rings is 2. The molecule has 0 unspecified atom stereocenters. The summed E-state index contributed by atoms with van der Waals surface area (Å²) in [5.74, 6) is 0. The molecule has 0 aliphatic heterocycles. The van der Waals surface area contributed by atoms with Crippen molar-refractivity contribution in [1.29, 1.82) is 5.26 Å². The highest BCUT2D eigenvalue weighted by atomic mass is 32.2. The molecule has 20 heavy (non-hydrogen) atoms. The first-order valence-electron chi connectivity index (χ1n) is 5.66. The van der Waals surface area contributed by atoms with E-state index in [0.717, 1.165) is 0 Å². The summed E-state index contributed by atoms with van der Waals surface area (Å²) in [4.78, 5) is -0.0194. The number of hydrogen-bond donors (Lipinski definition) is 0. The third kappa shape index (κ3) is 3.22. The minimum atomic E-state index is -4.01. The van der Waals surface area contributed by atoms with Gasteiger partial charge in [-0.3, -0.25) is 4.28 Å². The SMILES string of the molecule is N#C/C(=N\OS(=O)(=O)c1ccccc1)c1ccccc1. The lowest BCUT2D eigenvalue weighted by molar-refractivity contribution is 0.339. The van der Waals surface area contributed by atoms with Gasteiger partial charge in [-0.1, -0.05) is 53.7 Å². The molecule has 100 valence electrons. The summed E-state index contributed by atoms with van der Waals surface area (Å²) in [5.41, 5.74) is 0.378. The van der Waals surface area contributed by atoms with Gasteiger partial charge < -0.3 is 0 Å². The van der Waals surface area contributed by atoms with Gasteiger partial charge in [0.2, 0.25) is 0 Å². The van der Waals surface area contributed by atoms with Crippen molar-refractivity contribution in [3.63, 3.8) is 0 Å². The molecular formula is C14H10N2O3S. The summed E-state index contributed by atoms with van der Waals surface area (Å²) < 4.78 is 28.3. The highest BCUT2D eigenvalue weighted by molar-refractivity contribution is 7.86. The van der Waals surface area contributed by atoms with Crippen molar-refractivity contribution in [3.8, 4) is 6.07 Å². The van der Waals surface area contributed by atoms with Crippen LogP contribution in [0.5, 0.6) is 0 Å². The first kappa shape index (κ1) is 13.8. The molecule has 0 aliphatic carbocycles. The molecule has 2 aromatic rings. The quantitative estimate of drug-likeness (QED) is 0.638. The van der Waals surface area contributed by atoms with E-state index in [0.29, 0.717) is 5.56 Å². The fourth-order valence-corrected chi connectivity index (χ4v) is 2.20. The Bertz CT molecular complexity index is 748. The van der Waals surface area contributed by atoms with E-state index in [-0.39, 0.29) is 10.6 Å². The topological polar surface area (TPSA) is 79.5 Å². The van der Waals surface area contributed by atoms with E-state index in [9.17, 15) is 8.42 Å². The molecule has 2 rings (SSSR count). The van der Waals surface area contributed by atoms with Crippen LogP contribution in [-0.4, -0.2) is 14.1 Å². The van der Waals surface area contributed by atoms with Crippen LogP contribution in [0, 0.1) is 11.3 Å². The largest absolute Gasteiger partial charge is 0.358 e. The Morgan fingerprint density at radius 2 is 1.55 bits per heavy atom. The lowest BCUT2D eigenvalue weighted by atomic mass is 10.1. The molecule has 0 bridgehead atoms. The van der Waals surface area contributed by atoms with Crippen molar-refractivity contribution in [2.24, 2.45) is 5.16 Å². The van der Waals surface area contributed by atoms with Crippen LogP contribution in [0.15, 0.2) is 70.7 Å². The Balaban J connectivity index is 2.26. The average Bonchev–Trinajstić information content (AvgIpc) is 2.50. The van der Waals surface area contributed by atoms with Crippen LogP contribution in [0.4, 0.5) is 0 Å². The van der Waals surface area contributed by atoms with E-state index in [2.05, 4.69) is 9.44 Å². The Morgan fingerprint density at radius 3 is 2.10 bits per heavy atom.